The van der Waals surface area contributed by atoms with Gasteiger partial charge in [0.15, 0.2) is 0 Å². The number of para-hydroxylation sites is 1. The molecule has 0 radical (unpaired) electrons. The first-order chi connectivity index (χ1) is 16.3. The van der Waals surface area contributed by atoms with Crippen LogP contribution in [0.3, 0.4) is 0 Å². The molecule has 3 heteroatoms. The molecule has 0 atom stereocenters. The Morgan fingerprint density at radius 1 is 0.600 bits per heavy atom. The van der Waals surface area contributed by atoms with Gasteiger partial charge in [0, 0.05) is 49.6 Å². The van der Waals surface area contributed by atoms with Crippen molar-refractivity contribution in [3.8, 4) is 16.8 Å². The van der Waals surface area contributed by atoms with Crippen molar-refractivity contribution in [2.45, 2.75) is 34.6 Å². The minimum absolute atomic E-state index is 0. The smallest absolute Gasteiger partial charge is 0.221 e. The monoisotopic (exact) mass is 524 g/mol. The van der Waals surface area contributed by atoms with Gasteiger partial charge in [-0.2, -0.15) is 4.57 Å². The molecule has 1 aromatic heterocycles. The minimum atomic E-state index is 0. The van der Waals surface area contributed by atoms with Crippen LogP contribution in [-0.2, 0) is 0 Å². The fourth-order valence-corrected chi connectivity index (χ4v) is 5.60. The molecule has 4 aromatic carbocycles. The first kappa shape index (κ1) is 24.9. The molecule has 0 unspecified atom stereocenters. The van der Waals surface area contributed by atoms with Crippen LogP contribution in [0.5, 0.6) is 0 Å². The Kier molecular flexibility index (Phi) is 6.75. The van der Waals surface area contributed by atoms with E-state index in [1.807, 2.05) is 0 Å². The molecular weight excluding hydrogens is 492 g/mol. The van der Waals surface area contributed by atoms with E-state index in [0.29, 0.717) is 0 Å². The lowest BCUT2D eigenvalue weighted by Gasteiger charge is -2.19. The molecule has 0 aliphatic rings. The van der Waals surface area contributed by atoms with Gasteiger partial charge in [0.25, 0.3) is 0 Å². The van der Waals surface area contributed by atoms with Gasteiger partial charge in [-0.15, -0.1) is 0 Å². The van der Waals surface area contributed by atoms with E-state index < -0.39 is 0 Å². The van der Waals surface area contributed by atoms with Crippen LogP contribution in [0.4, 0.5) is 5.69 Å². The summed E-state index contributed by atoms with van der Waals surface area (Å²) in [7, 11) is 4.22. The quantitative estimate of drug-likeness (QED) is 0.248. The largest absolute Gasteiger partial charge is 1.00 e. The van der Waals surface area contributed by atoms with Crippen LogP contribution >= 0.6 is 0 Å². The van der Waals surface area contributed by atoms with Gasteiger partial charge in [0.05, 0.1) is 10.8 Å². The number of aromatic nitrogens is 1. The predicted octanol–water partition coefficient (Wildman–Crippen LogP) is 4.55. The summed E-state index contributed by atoms with van der Waals surface area (Å²) >= 11 is 0. The van der Waals surface area contributed by atoms with Crippen LogP contribution in [-0.4, -0.2) is 14.1 Å². The SMILES string of the molecule is Cc1cc(C)c(-c2c3ccc(N(C)C)cc3[n+](-c3ccccc3)c3cc(C)cc(C)c23)c(C)c1.[Br-]. The molecular formula is C32H33BrN2. The van der Waals surface area contributed by atoms with Gasteiger partial charge in [-0.1, -0.05) is 42.0 Å². The Balaban J connectivity index is 0.00000289. The summed E-state index contributed by atoms with van der Waals surface area (Å²) in [5, 5.41) is 2.61. The van der Waals surface area contributed by atoms with Crippen LogP contribution in [0, 0.1) is 34.6 Å². The molecule has 0 bridgehead atoms. The molecule has 0 aliphatic heterocycles. The average Bonchev–Trinajstić information content (AvgIpc) is 2.78. The zero-order valence-electron chi connectivity index (χ0n) is 21.7. The molecule has 0 saturated heterocycles. The molecule has 0 aliphatic carbocycles. The number of benzene rings is 4. The van der Waals surface area contributed by atoms with E-state index in [4.69, 9.17) is 0 Å². The number of aryl methyl sites for hydroxylation is 5. The topological polar surface area (TPSA) is 7.12 Å². The lowest BCUT2D eigenvalue weighted by molar-refractivity contribution is -0.537. The summed E-state index contributed by atoms with van der Waals surface area (Å²) in [5.41, 5.74) is 14.1. The molecule has 5 rings (SSSR count). The maximum atomic E-state index is 2.44. The van der Waals surface area contributed by atoms with Gasteiger partial charge in [0.1, 0.15) is 0 Å². The first-order valence-corrected chi connectivity index (χ1v) is 12.0. The lowest BCUT2D eigenvalue weighted by atomic mass is 9.87. The van der Waals surface area contributed by atoms with Gasteiger partial charge >= 0.3 is 0 Å². The summed E-state index contributed by atoms with van der Waals surface area (Å²) in [5.74, 6) is 0. The Labute approximate surface area is 219 Å². The van der Waals surface area contributed by atoms with E-state index in [1.54, 1.807) is 0 Å². The molecule has 0 N–H and O–H groups in total. The fraction of sp³-hybridized carbons (Fsp3) is 0.219. The van der Waals surface area contributed by atoms with E-state index in [2.05, 4.69) is 131 Å². The highest BCUT2D eigenvalue weighted by atomic mass is 79.9. The van der Waals surface area contributed by atoms with Crippen LogP contribution in [0.15, 0.2) is 72.8 Å². The van der Waals surface area contributed by atoms with Crippen LogP contribution in [0.2, 0.25) is 0 Å². The van der Waals surface area contributed by atoms with Gasteiger partial charge < -0.3 is 21.9 Å². The van der Waals surface area contributed by atoms with Crippen molar-refractivity contribution < 1.29 is 21.5 Å². The highest BCUT2D eigenvalue weighted by Gasteiger charge is 2.26. The third-order valence-electron chi connectivity index (χ3n) is 6.90. The average molecular weight is 526 g/mol. The number of rotatable bonds is 3. The number of fused-ring (bicyclic) bond motifs is 2. The van der Waals surface area contributed by atoms with E-state index in [1.165, 1.54) is 72.1 Å². The summed E-state index contributed by atoms with van der Waals surface area (Å²) in [6, 6.07) is 27.0. The van der Waals surface area contributed by atoms with E-state index >= 15 is 0 Å². The maximum Gasteiger partial charge on any atom is 0.221 e. The Hall–Kier alpha value is -3.17. The standard InChI is InChI=1S/C32H33N2.BrH/c1-20-15-22(3)30(23(4)16-20)32-27-14-13-26(33(6)7)19-28(27)34(25-11-9-8-10-12-25)29-18-21(2)17-24(5)31(29)32;/h8-19H,1-7H3;1H/q+1;/p-1. The second kappa shape index (κ2) is 9.47. The van der Waals surface area contributed by atoms with Crippen molar-refractivity contribution in [2.75, 3.05) is 19.0 Å². The second-order valence-corrected chi connectivity index (χ2v) is 9.89. The predicted molar refractivity (Wildman–Crippen MR) is 146 cm³/mol. The Morgan fingerprint density at radius 2 is 1.20 bits per heavy atom. The lowest BCUT2D eigenvalue weighted by Crippen LogP contribution is -3.00. The number of nitrogens with zero attached hydrogens (tertiary/aromatic N) is 2. The van der Waals surface area contributed by atoms with Gasteiger partial charge in [-0.05, 0) is 74.6 Å². The van der Waals surface area contributed by atoms with E-state index in [0.717, 1.165) is 0 Å². The molecule has 1 heterocycles. The number of pyridine rings is 1. The zero-order valence-corrected chi connectivity index (χ0v) is 23.3. The second-order valence-electron chi connectivity index (χ2n) is 9.89. The van der Waals surface area contributed by atoms with Gasteiger partial charge in [-0.3, -0.25) is 0 Å². The van der Waals surface area contributed by atoms with E-state index in [-0.39, 0.29) is 17.0 Å². The van der Waals surface area contributed by atoms with E-state index in [9.17, 15) is 0 Å². The fourth-order valence-electron chi connectivity index (χ4n) is 5.60. The van der Waals surface area contributed by atoms with Gasteiger partial charge in [0.2, 0.25) is 16.7 Å². The minimum Gasteiger partial charge on any atom is -1.00 e. The number of halogens is 1. The number of hydrogen-bond donors (Lipinski definition) is 0. The summed E-state index contributed by atoms with van der Waals surface area (Å²) < 4.78 is 2.44. The molecule has 0 saturated carbocycles. The molecule has 0 fully saturated rings. The van der Waals surface area contributed by atoms with Crippen molar-refractivity contribution in [2.24, 2.45) is 0 Å². The molecule has 0 spiro atoms. The highest BCUT2D eigenvalue weighted by Crippen LogP contribution is 2.41. The van der Waals surface area contributed by atoms with Crippen molar-refractivity contribution in [3.05, 3.63) is 101 Å². The first-order valence-electron chi connectivity index (χ1n) is 12.0. The molecule has 5 aromatic rings. The molecule has 2 nitrogen and oxygen atoms in total. The number of hydrogen-bond acceptors (Lipinski definition) is 1. The van der Waals surface area contributed by atoms with Crippen LogP contribution in [0.1, 0.15) is 27.8 Å². The molecule has 35 heavy (non-hydrogen) atoms. The number of anilines is 1. The maximum absolute atomic E-state index is 2.44. The van der Waals surface area contributed by atoms with Crippen LogP contribution < -0.4 is 26.4 Å². The Morgan fingerprint density at radius 3 is 1.83 bits per heavy atom. The summed E-state index contributed by atoms with van der Waals surface area (Å²) in [6.07, 6.45) is 0. The summed E-state index contributed by atoms with van der Waals surface area (Å²) in [4.78, 5) is 2.18. The van der Waals surface area contributed by atoms with Crippen molar-refractivity contribution in [1.82, 2.24) is 0 Å². The van der Waals surface area contributed by atoms with Crippen molar-refractivity contribution >= 4 is 27.5 Å². The van der Waals surface area contributed by atoms with Crippen molar-refractivity contribution in [1.29, 1.82) is 0 Å². The summed E-state index contributed by atoms with van der Waals surface area (Å²) in [6.45, 7) is 11.1. The highest BCUT2D eigenvalue weighted by molar-refractivity contribution is 6.10. The molecule has 0 amide bonds. The van der Waals surface area contributed by atoms with Crippen molar-refractivity contribution in [3.63, 3.8) is 0 Å². The third kappa shape index (κ3) is 4.23. The van der Waals surface area contributed by atoms with Gasteiger partial charge in [-0.25, -0.2) is 0 Å². The molecule has 178 valence electrons. The zero-order chi connectivity index (χ0) is 24.1. The third-order valence-corrected chi connectivity index (χ3v) is 6.90. The van der Waals surface area contributed by atoms with Crippen LogP contribution in [0.25, 0.3) is 38.6 Å². The Bertz CT molecular complexity index is 1540. The normalized spacial score (nSPS) is 11.1.